The first-order valence-electron chi connectivity index (χ1n) is 10.4. The van der Waals surface area contributed by atoms with E-state index in [2.05, 4.69) is 17.4 Å². The predicted molar refractivity (Wildman–Crippen MR) is 121 cm³/mol. The Hall–Kier alpha value is -1.89. The van der Waals surface area contributed by atoms with Gasteiger partial charge in [-0.05, 0) is 55.9 Å². The minimum absolute atomic E-state index is 0.0300. The van der Waals surface area contributed by atoms with Gasteiger partial charge in [-0.25, -0.2) is 12.7 Å². The van der Waals surface area contributed by atoms with Gasteiger partial charge in [-0.1, -0.05) is 54.1 Å². The molecule has 0 radical (unpaired) electrons. The molecule has 2 aromatic rings. The number of hydrogen-bond donors (Lipinski definition) is 1. The van der Waals surface area contributed by atoms with E-state index in [1.807, 2.05) is 25.1 Å². The zero-order chi connectivity index (χ0) is 21.6. The van der Waals surface area contributed by atoms with Gasteiger partial charge in [0.25, 0.3) is 0 Å². The lowest BCUT2D eigenvalue weighted by molar-refractivity contribution is -0.126. The second-order valence-electron chi connectivity index (χ2n) is 7.99. The number of carbonyl (C=O) groups is 1. The summed E-state index contributed by atoms with van der Waals surface area (Å²) in [6, 6.07) is 17.2. The van der Waals surface area contributed by atoms with Crippen molar-refractivity contribution in [2.75, 3.05) is 13.1 Å². The Kier molecular flexibility index (Phi) is 7.92. The van der Waals surface area contributed by atoms with E-state index in [1.165, 1.54) is 9.87 Å². The molecule has 1 N–H and O–H groups in total. The summed E-state index contributed by atoms with van der Waals surface area (Å²) in [4.78, 5) is 12.6. The fraction of sp³-hybridized carbons (Fsp3) is 0.435. The van der Waals surface area contributed by atoms with Crippen LogP contribution < -0.4 is 5.32 Å². The third-order valence-corrected chi connectivity index (χ3v) is 7.64. The smallest absolute Gasteiger partial charge is 0.223 e. The zero-order valence-corrected chi connectivity index (χ0v) is 18.8. The molecule has 1 unspecified atom stereocenters. The highest BCUT2D eigenvalue weighted by molar-refractivity contribution is 7.88. The van der Waals surface area contributed by atoms with Crippen molar-refractivity contribution in [2.24, 2.45) is 5.92 Å². The van der Waals surface area contributed by atoms with Gasteiger partial charge in [-0.3, -0.25) is 4.79 Å². The first-order valence-corrected chi connectivity index (χ1v) is 12.4. The van der Waals surface area contributed by atoms with Crippen LogP contribution in [0.25, 0.3) is 0 Å². The Labute approximate surface area is 184 Å². The maximum absolute atomic E-state index is 12.7. The van der Waals surface area contributed by atoms with Crippen molar-refractivity contribution in [2.45, 2.75) is 44.4 Å². The maximum atomic E-state index is 12.7. The van der Waals surface area contributed by atoms with Crippen molar-refractivity contribution in [1.82, 2.24) is 9.62 Å². The first-order chi connectivity index (χ1) is 14.3. The lowest BCUT2D eigenvalue weighted by Gasteiger charge is -2.31. The van der Waals surface area contributed by atoms with Crippen molar-refractivity contribution in [1.29, 1.82) is 0 Å². The average molecular weight is 449 g/mol. The number of nitrogens with one attached hydrogen (secondary N) is 1. The van der Waals surface area contributed by atoms with Gasteiger partial charge in [0.2, 0.25) is 15.9 Å². The molecule has 1 aliphatic heterocycles. The van der Waals surface area contributed by atoms with Crippen LogP contribution in [-0.4, -0.2) is 37.8 Å². The topological polar surface area (TPSA) is 66.5 Å². The summed E-state index contributed by atoms with van der Waals surface area (Å²) in [5, 5.41) is 3.63. The molecular weight excluding hydrogens is 420 g/mol. The van der Waals surface area contributed by atoms with Crippen molar-refractivity contribution in [3.63, 3.8) is 0 Å². The Morgan fingerprint density at radius 2 is 1.77 bits per heavy atom. The van der Waals surface area contributed by atoms with Gasteiger partial charge in [-0.2, -0.15) is 0 Å². The van der Waals surface area contributed by atoms with Crippen LogP contribution in [0.4, 0.5) is 0 Å². The van der Waals surface area contributed by atoms with Crippen LogP contribution in [0.5, 0.6) is 0 Å². The van der Waals surface area contributed by atoms with Crippen molar-refractivity contribution < 1.29 is 13.2 Å². The molecule has 0 aliphatic carbocycles. The number of rotatable bonds is 8. The minimum atomic E-state index is -3.42. The lowest BCUT2D eigenvalue weighted by atomic mass is 9.96. The Morgan fingerprint density at radius 1 is 1.10 bits per heavy atom. The number of benzene rings is 2. The fourth-order valence-electron chi connectivity index (χ4n) is 3.79. The average Bonchev–Trinajstić information content (AvgIpc) is 2.73. The lowest BCUT2D eigenvalue weighted by Crippen LogP contribution is -2.45. The van der Waals surface area contributed by atoms with Crippen LogP contribution in [0.1, 0.15) is 37.3 Å². The van der Waals surface area contributed by atoms with Crippen molar-refractivity contribution in [3.8, 4) is 0 Å². The van der Waals surface area contributed by atoms with Crippen LogP contribution in [-0.2, 0) is 27.0 Å². The molecule has 30 heavy (non-hydrogen) atoms. The highest BCUT2D eigenvalue weighted by Gasteiger charge is 2.31. The molecule has 1 heterocycles. The number of aryl methyl sites for hydroxylation is 1. The second-order valence-corrected chi connectivity index (χ2v) is 10.4. The van der Waals surface area contributed by atoms with Crippen LogP contribution >= 0.6 is 11.6 Å². The maximum Gasteiger partial charge on any atom is 0.223 e. The summed E-state index contributed by atoms with van der Waals surface area (Å²) in [5.74, 6) is -0.176. The molecule has 1 amide bonds. The molecule has 3 rings (SSSR count). The van der Waals surface area contributed by atoms with E-state index in [1.54, 1.807) is 24.3 Å². The number of sulfonamides is 1. The van der Waals surface area contributed by atoms with E-state index in [4.69, 9.17) is 11.6 Å². The van der Waals surface area contributed by atoms with Crippen molar-refractivity contribution in [3.05, 3.63) is 70.7 Å². The van der Waals surface area contributed by atoms with Gasteiger partial charge in [-0.15, -0.1) is 0 Å². The molecule has 0 bridgehead atoms. The van der Waals surface area contributed by atoms with E-state index < -0.39 is 10.0 Å². The van der Waals surface area contributed by atoms with Crippen LogP contribution in [0.2, 0.25) is 5.02 Å². The molecular formula is C23H29ClN2O3S. The minimum Gasteiger partial charge on any atom is -0.353 e. The van der Waals surface area contributed by atoms with Gasteiger partial charge in [0.15, 0.2) is 0 Å². The molecule has 0 aromatic heterocycles. The van der Waals surface area contributed by atoms with Gasteiger partial charge < -0.3 is 5.32 Å². The van der Waals surface area contributed by atoms with E-state index in [-0.39, 0.29) is 23.6 Å². The van der Waals surface area contributed by atoms with E-state index in [9.17, 15) is 13.2 Å². The summed E-state index contributed by atoms with van der Waals surface area (Å²) < 4.78 is 26.9. The van der Waals surface area contributed by atoms with Crippen LogP contribution in [0.3, 0.4) is 0 Å². The summed E-state index contributed by atoms with van der Waals surface area (Å²) in [6.07, 6.45) is 2.89. The van der Waals surface area contributed by atoms with Crippen LogP contribution in [0, 0.1) is 5.92 Å². The first kappa shape index (κ1) is 22.8. The normalized spacial score (nSPS) is 16.9. The molecule has 1 atom stereocenters. The molecule has 0 spiro atoms. The molecule has 2 aromatic carbocycles. The molecule has 1 aliphatic rings. The summed E-state index contributed by atoms with van der Waals surface area (Å²) >= 11 is 5.96. The number of halogens is 1. The summed E-state index contributed by atoms with van der Waals surface area (Å²) in [6.45, 7) is 2.77. The summed E-state index contributed by atoms with van der Waals surface area (Å²) in [5.41, 5.74) is 1.94. The van der Waals surface area contributed by atoms with Crippen molar-refractivity contribution >= 4 is 27.5 Å². The van der Waals surface area contributed by atoms with Gasteiger partial charge in [0.1, 0.15) is 0 Å². The second kappa shape index (κ2) is 10.4. The molecule has 5 nitrogen and oxygen atoms in total. The van der Waals surface area contributed by atoms with E-state index in [0.717, 1.165) is 12.8 Å². The third kappa shape index (κ3) is 6.56. The third-order valence-electron chi connectivity index (χ3n) is 5.55. The number of hydrogen-bond acceptors (Lipinski definition) is 3. The Balaban J connectivity index is 1.45. The Morgan fingerprint density at radius 3 is 2.43 bits per heavy atom. The highest BCUT2D eigenvalue weighted by atomic mass is 35.5. The molecule has 1 saturated heterocycles. The number of carbonyl (C=O) groups excluding carboxylic acids is 1. The highest BCUT2D eigenvalue weighted by Crippen LogP contribution is 2.23. The quantitative estimate of drug-likeness (QED) is 0.663. The number of piperidine rings is 1. The predicted octanol–water partition coefficient (Wildman–Crippen LogP) is 4.02. The molecule has 7 heteroatoms. The monoisotopic (exact) mass is 448 g/mol. The largest absolute Gasteiger partial charge is 0.353 e. The van der Waals surface area contributed by atoms with E-state index in [0.29, 0.717) is 36.5 Å². The van der Waals surface area contributed by atoms with Crippen LogP contribution in [0.15, 0.2) is 54.6 Å². The Bertz CT molecular complexity index is 942. The fourth-order valence-corrected chi connectivity index (χ4v) is 5.55. The van der Waals surface area contributed by atoms with Gasteiger partial charge in [0, 0.05) is 30.1 Å². The number of nitrogens with zero attached hydrogens (tertiary/aromatic N) is 1. The summed E-state index contributed by atoms with van der Waals surface area (Å²) in [7, 11) is -3.42. The van der Waals surface area contributed by atoms with Gasteiger partial charge in [0.05, 0.1) is 5.75 Å². The number of amides is 1. The molecule has 1 fully saturated rings. The molecule has 162 valence electrons. The zero-order valence-electron chi connectivity index (χ0n) is 17.3. The standard InChI is InChI=1S/C23H29ClN2O3S/c1-18(10-11-19-6-3-2-4-7-19)25-23(27)21-12-14-26(15-13-21)30(28,29)17-20-8-5-9-22(24)16-20/h2-9,16,18,21H,10-15,17H2,1H3,(H,25,27). The molecule has 0 saturated carbocycles. The van der Waals surface area contributed by atoms with E-state index >= 15 is 0 Å². The van der Waals surface area contributed by atoms with Gasteiger partial charge >= 0.3 is 0 Å². The SMILES string of the molecule is CC(CCc1ccccc1)NC(=O)C1CCN(S(=O)(=O)Cc2cccc(Cl)c2)CC1.